The van der Waals surface area contributed by atoms with E-state index in [0.717, 1.165) is 27.6 Å². The fourth-order valence-electron chi connectivity index (χ4n) is 1.53. The molecule has 0 atom stereocenters. The minimum Gasteiger partial charge on any atom is -0.253 e. The van der Waals surface area contributed by atoms with Crippen molar-refractivity contribution in [2.45, 2.75) is 18.7 Å². The van der Waals surface area contributed by atoms with Crippen LogP contribution in [0.2, 0.25) is 5.15 Å². The van der Waals surface area contributed by atoms with Crippen LogP contribution < -0.4 is 0 Å². The Hall–Kier alpha value is -1.13. The third-order valence-electron chi connectivity index (χ3n) is 2.25. The number of aryl methyl sites for hydroxylation is 1. The first-order chi connectivity index (χ1) is 8.22. The maximum Gasteiger partial charge on any atom is 0.152 e. The highest BCUT2D eigenvalue weighted by molar-refractivity contribution is 7.99. The topological polar surface area (TPSA) is 38.7 Å². The van der Waals surface area contributed by atoms with Gasteiger partial charge in [0.15, 0.2) is 5.15 Å². The van der Waals surface area contributed by atoms with E-state index in [2.05, 4.69) is 22.1 Å². The van der Waals surface area contributed by atoms with E-state index >= 15 is 0 Å². The second kappa shape index (κ2) is 5.47. The Morgan fingerprint density at radius 3 is 2.82 bits per heavy atom. The molecule has 0 saturated carbocycles. The van der Waals surface area contributed by atoms with Crippen LogP contribution in [0.3, 0.4) is 0 Å². The summed E-state index contributed by atoms with van der Waals surface area (Å²) in [5.41, 5.74) is 2.66. The van der Waals surface area contributed by atoms with Crippen LogP contribution in [0.15, 0.2) is 29.3 Å². The second-order valence-electron chi connectivity index (χ2n) is 3.48. The van der Waals surface area contributed by atoms with Crippen molar-refractivity contribution in [1.29, 1.82) is 0 Å². The maximum atomic E-state index is 5.81. The van der Waals surface area contributed by atoms with Crippen molar-refractivity contribution in [3.05, 3.63) is 35.1 Å². The Labute approximate surface area is 110 Å². The van der Waals surface area contributed by atoms with Gasteiger partial charge in [0.25, 0.3) is 0 Å². The Kier molecular flexibility index (Phi) is 3.97. The predicted molar refractivity (Wildman–Crippen MR) is 71.4 cm³/mol. The third-order valence-corrected chi connectivity index (χ3v) is 3.36. The molecule has 0 aliphatic rings. The van der Waals surface area contributed by atoms with E-state index in [1.54, 1.807) is 24.0 Å². The van der Waals surface area contributed by atoms with Gasteiger partial charge in [-0.25, -0.2) is 0 Å². The van der Waals surface area contributed by atoms with Crippen molar-refractivity contribution in [1.82, 2.24) is 15.2 Å². The van der Waals surface area contributed by atoms with E-state index in [4.69, 9.17) is 11.6 Å². The van der Waals surface area contributed by atoms with Gasteiger partial charge >= 0.3 is 0 Å². The summed E-state index contributed by atoms with van der Waals surface area (Å²) in [5.74, 6) is 0.999. The van der Waals surface area contributed by atoms with Crippen molar-refractivity contribution in [3.8, 4) is 11.4 Å². The zero-order valence-electron chi connectivity index (χ0n) is 9.64. The first-order valence-electron chi connectivity index (χ1n) is 5.30. The average molecular weight is 266 g/mol. The van der Waals surface area contributed by atoms with Crippen LogP contribution in [0.4, 0.5) is 0 Å². The van der Waals surface area contributed by atoms with Gasteiger partial charge in [0.1, 0.15) is 11.4 Å². The van der Waals surface area contributed by atoms with Crippen molar-refractivity contribution in [2.24, 2.45) is 0 Å². The number of pyridine rings is 1. The molecule has 0 fully saturated rings. The number of hydrogen-bond acceptors (Lipinski definition) is 4. The molecule has 0 saturated heterocycles. The van der Waals surface area contributed by atoms with Gasteiger partial charge in [0.2, 0.25) is 0 Å². The van der Waals surface area contributed by atoms with Crippen molar-refractivity contribution < 1.29 is 0 Å². The Bertz CT molecular complexity index is 531. The molecule has 3 nitrogen and oxygen atoms in total. The number of thioether (sulfide) groups is 1. The molecule has 17 heavy (non-hydrogen) atoms. The van der Waals surface area contributed by atoms with E-state index in [0.29, 0.717) is 5.15 Å². The lowest BCUT2D eigenvalue weighted by molar-refractivity contribution is 1.01. The fraction of sp³-hybridized carbons (Fsp3) is 0.250. The highest BCUT2D eigenvalue weighted by Crippen LogP contribution is 2.29. The predicted octanol–water partition coefficient (Wildman–Crippen LogP) is 3.61. The van der Waals surface area contributed by atoms with E-state index in [1.807, 2.05) is 19.1 Å². The first kappa shape index (κ1) is 12.3. The largest absolute Gasteiger partial charge is 0.253 e. The zero-order chi connectivity index (χ0) is 12.3. The van der Waals surface area contributed by atoms with Crippen LogP contribution in [-0.4, -0.2) is 20.9 Å². The number of rotatable bonds is 3. The minimum absolute atomic E-state index is 0.409. The lowest BCUT2D eigenvalue weighted by Crippen LogP contribution is -1.96. The zero-order valence-corrected chi connectivity index (χ0v) is 11.2. The third kappa shape index (κ3) is 2.76. The van der Waals surface area contributed by atoms with Gasteiger partial charge < -0.3 is 0 Å². The molecule has 0 amide bonds. The maximum absolute atomic E-state index is 5.81. The van der Waals surface area contributed by atoms with Gasteiger partial charge in [0, 0.05) is 11.1 Å². The monoisotopic (exact) mass is 265 g/mol. The number of aromatic nitrogens is 3. The van der Waals surface area contributed by atoms with Crippen molar-refractivity contribution in [2.75, 3.05) is 5.75 Å². The van der Waals surface area contributed by atoms with Gasteiger partial charge in [-0.3, -0.25) is 4.98 Å². The van der Waals surface area contributed by atoms with E-state index in [9.17, 15) is 0 Å². The second-order valence-corrected chi connectivity index (χ2v) is 5.17. The van der Waals surface area contributed by atoms with Gasteiger partial charge in [-0.15, -0.1) is 22.0 Å². The molecule has 0 aromatic carbocycles. The quantitative estimate of drug-likeness (QED) is 0.795. The minimum atomic E-state index is 0.409. The molecule has 0 spiro atoms. The van der Waals surface area contributed by atoms with Gasteiger partial charge in [0.05, 0.1) is 0 Å². The molecule has 88 valence electrons. The van der Waals surface area contributed by atoms with E-state index < -0.39 is 0 Å². The summed E-state index contributed by atoms with van der Waals surface area (Å²) in [6, 6.07) is 5.78. The van der Waals surface area contributed by atoms with Crippen LogP contribution in [0.5, 0.6) is 0 Å². The Balaban J connectivity index is 2.52. The molecule has 2 heterocycles. The molecular weight excluding hydrogens is 254 g/mol. The standard InChI is InChI=1S/C12H12ClN3S/c1-3-17-9-5-4-6-14-12(9)11-8(2)7-10(13)15-16-11/h4-7H,3H2,1-2H3. The molecule has 2 rings (SSSR count). The molecular formula is C12H12ClN3S. The van der Waals surface area contributed by atoms with Crippen molar-refractivity contribution >= 4 is 23.4 Å². The molecule has 0 bridgehead atoms. The van der Waals surface area contributed by atoms with Crippen molar-refractivity contribution in [3.63, 3.8) is 0 Å². The fourth-order valence-corrected chi connectivity index (χ4v) is 2.50. The van der Waals surface area contributed by atoms with Crippen LogP contribution in [0.1, 0.15) is 12.5 Å². The summed E-state index contributed by atoms with van der Waals surface area (Å²) in [6.45, 7) is 4.08. The van der Waals surface area contributed by atoms with E-state index in [-0.39, 0.29) is 0 Å². The number of nitrogens with zero attached hydrogens (tertiary/aromatic N) is 3. The Morgan fingerprint density at radius 1 is 1.29 bits per heavy atom. The lowest BCUT2D eigenvalue weighted by atomic mass is 10.2. The van der Waals surface area contributed by atoms with Crippen LogP contribution in [0, 0.1) is 6.92 Å². The smallest absolute Gasteiger partial charge is 0.152 e. The lowest BCUT2D eigenvalue weighted by Gasteiger charge is -2.08. The SMILES string of the molecule is CCSc1cccnc1-c1nnc(Cl)cc1C. The molecule has 2 aromatic rings. The van der Waals surface area contributed by atoms with Crippen LogP contribution in [-0.2, 0) is 0 Å². The van der Waals surface area contributed by atoms with Crippen LogP contribution in [0.25, 0.3) is 11.4 Å². The summed E-state index contributed by atoms with van der Waals surface area (Å²) in [6.07, 6.45) is 1.77. The normalized spacial score (nSPS) is 10.5. The summed E-state index contributed by atoms with van der Waals surface area (Å²) >= 11 is 7.55. The highest BCUT2D eigenvalue weighted by atomic mass is 35.5. The molecule has 2 aromatic heterocycles. The summed E-state index contributed by atoms with van der Waals surface area (Å²) in [4.78, 5) is 5.51. The van der Waals surface area contributed by atoms with E-state index in [1.165, 1.54) is 0 Å². The van der Waals surface area contributed by atoms with Gasteiger partial charge in [-0.05, 0) is 36.4 Å². The Morgan fingerprint density at radius 2 is 2.12 bits per heavy atom. The molecule has 0 aliphatic heterocycles. The number of halogens is 1. The highest BCUT2D eigenvalue weighted by Gasteiger charge is 2.11. The average Bonchev–Trinajstić information content (AvgIpc) is 2.31. The molecule has 0 N–H and O–H groups in total. The summed E-state index contributed by atoms with van der Waals surface area (Å²) in [5, 5.41) is 8.43. The summed E-state index contributed by atoms with van der Waals surface area (Å²) < 4.78 is 0. The van der Waals surface area contributed by atoms with Gasteiger partial charge in [-0.2, -0.15) is 0 Å². The molecule has 5 heteroatoms. The first-order valence-corrected chi connectivity index (χ1v) is 6.66. The number of hydrogen-bond donors (Lipinski definition) is 0. The molecule has 0 radical (unpaired) electrons. The van der Waals surface area contributed by atoms with Crippen LogP contribution >= 0.6 is 23.4 Å². The molecule has 0 unspecified atom stereocenters. The summed E-state index contributed by atoms with van der Waals surface area (Å²) in [7, 11) is 0. The molecule has 0 aliphatic carbocycles. The van der Waals surface area contributed by atoms with Gasteiger partial charge in [-0.1, -0.05) is 18.5 Å².